The van der Waals surface area contributed by atoms with Crippen LogP contribution in [0, 0.1) is 17.7 Å². The molecule has 0 aliphatic rings. The van der Waals surface area contributed by atoms with Crippen LogP contribution < -0.4 is 0 Å². The number of carboxylic acids is 1. The molecule has 2 atom stereocenters. The Hall–Kier alpha value is -0.940. The van der Waals surface area contributed by atoms with Crippen molar-refractivity contribution in [3.05, 3.63) is 34.1 Å². The molecule has 18 heavy (non-hydrogen) atoms. The minimum Gasteiger partial charge on any atom is -0.481 e. The molecule has 1 aromatic rings. The highest BCUT2D eigenvalue weighted by atomic mass is 79.9. The summed E-state index contributed by atoms with van der Waals surface area (Å²) in [6, 6.07) is 3.81. The maximum absolute atomic E-state index is 13.0. The highest BCUT2D eigenvalue weighted by Crippen LogP contribution is 2.38. The average molecular weight is 319 g/mol. The van der Waals surface area contributed by atoms with Crippen LogP contribution in [0.15, 0.2) is 22.7 Å². The van der Waals surface area contributed by atoms with Crippen LogP contribution in [0.3, 0.4) is 0 Å². The standard InChI is InChI=1S/C13H16BrFO3/c1-7(2)11(12(16)17)13(3,18)9-5-4-8(15)6-10(9)14/h4-7,11,18H,1-3H3,(H,16,17). The number of aliphatic carboxylic acids is 1. The predicted molar refractivity (Wildman–Crippen MR) is 69.6 cm³/mol. The molecule has 0 bridgehead atoms. The maximum atomic E-state index is 13.0. The fourth-order valence-corrected chi connectivity index (χ4v) is 2.99. The third-order valence-electron chi connectivity index (χ3n) is 3.01. The number of rotatable bonds is 4. The Bertz CT molecular complexity index is 458. The van der Waals surface area contributed by atoms with E-state index in [-0.39, 0.29) is 5.92 Å². The van der Waals surface area contributed by atoms with Crippen molar-refractivity contribution in [2.75, 3.05) is 0 Å². The molecule has 0 radical (unpaired) electrons. The largest absolute Gasteiger partial charge is 0.481 e. The molecule has 3 nitrogen and oxygen atoms in total. The van der Waals surface area contributed by atoms with E-state index in [0.29, 0.717) is 10.0 Å². The van der Waals surface area contributed by atoms with Crippen LogP contribution in [0.4, 0.5) is 4.39 Å². The van der Waals surface area contributed by atoms with Gasteiger partial charge in [0.05, 0.1) is 5.92 Å². The van der Waals surface area contributed by atoms with Gasteiger partial charge in [-0.2, -0.15) is 0 Å². The number of carboxylic acid groups (broad SMARTS) is 1. The minimum atomic E-state index is -1.58. The summed E-state index contributed by atoms with van der Waals surface area (Å²) in [7, 11) is 0. The topological polar surface area (TPSA) is 57.5 Å². The van der Waals surface area contributed by atoms with E-state index in [4.69, 9.17) is 0 Å². The molecule has 0 spiro atoms. The molecule has 0 fully saturated rings. The quantitative estimate of drug-likeness (QED) is 0.896. The van der Waals surface area contributed by atoms with Crippen LogP contribution in [-0.4, -0.2) is 16.2 Å². The van der Waals surface area contributed by atoms with Crippen LogP contribution in [0.5, 0.6) is 0 Å². The number of hydrogen-bond donors (Lipinski definition) is 2. The molecule has 2 N–H and O–H groups in total. The van der Waals surface area contributed by atoms with Crippen molar-refractivity contribution >= 4 is 21.9 Å². The van der Waals surface area contributed by atoms with E-state index in [1.807, 2.05) is 0 Å². The first-order chi connectivity index (χ1) is 8.17. The van der Waals surface area contributed by atoms with Crippen molar-refractivity contribution in [3.8, 4) is 0 Å². The summed E-state index contributed by atoms with van der Waals surface area (Å²) in [6.45, 7) is 4.89. The second-order valence-electron chi connectivity index (χ2n) is 4.83. The maximum Gasteiger partial charge on any atom is 0.310 e. The summed E-state index contributed by atoms with van der Waals surface area (Å²) in [6.07, 6.45) is 0. The Morgan fingerprint density at radius 2 is 2.00 bits per heavy atom. The highest BCUT2D eigenvalue weighted by Gasteiger charge is 2.42. The Labute approximate surface area is 114 Å². The van der Waals surface area contributed by atoms with Crippen LogP contribution in [-0.2, 0) is 10.4 Å². The number of benzene rings is 1. The zero-order valence-corrected chi connectivity index (χ0v) is 12.0. The van der Waals surface area contributed by atoms with E-state index >= 15 is 0 Å². The van der Waals surface area contributed by atoms with Gasteiger partial charge < -0.3 is 10.2 Å². The Morgan fingerprint density at radius 1 is 1.44 bits per heavy atom. The van der Waals surface area contributed by atoms with Gasteiger partial charge in [0, 0.05) is 4.47 Å². The van der Waals surface area contributed by atoms with Gasteiger partial charge in [0.1, 0.15) is 11.4 Å². The summed E-state index contributed by atoms with van der Waals surface area (Å²) < 4.78 is 13.4. The second kappa shape index (κ2) is 5.36. The van der Waals surface area contributed by atoms with E-state index in [1.165, 1.54) is 25.1 Å². The first kappa shape index (κ1) is 15.1. The van der Waals surface area contributed by atoms with Gasteiger partial charge in [-0.05, 0) is 30.5 Å². The predicted octanol–water partition coefficient (Wildman–Crippen LogP) is 3.15. The van der Waals surface area contributed by atoms with Gasteiger partial charge in [0.15, 0.2) is 0 Å². The molecular weight excluding hydrogens is 303 g/mol. The first-order valence-electron chi connectivity index (χ1n) is 5.58. The van der Waals surface area contributed by atoms with Gasteiger partial charge in [-0.15, -0.1) is 0 Å². The SMILES string of the molecule is CC(C)C(C(=O)O)C(C)(O)c1ccc(F)cc1Br. The van der Waals surface area contributed by atoms with Gasteiger partial charge >= 0.3 is 5.97 Å². The lowest BCUT2D eigenvalue weighted by Gasteiger charge is -2.33. The van der Waals surface area contributed by atoms with Crippen LogP contribution in [0.25, 0.3) is 0 Å². The van der Waals surface area contributed by atoms with Gasteiger partial charge in [-0.25, -0.2) is 4.39 Å². The van der Waals surface area contributed by atoms with E-state index < -0.39 is 23.3 Å². The number of aliphatic hydroxyl groups is 1. The monoisotopic (exact) mass is 318 g/mol. The molecule has 0 aliphatic carbocycles. The van der Waals surface area contributed by atoms with Gasteiger partial charge in [0.25, 0.3) is 0 Å². The van der Waals surface area contributed by atoms with E-state index in [2.05, 4.69) is 15.9 Å². The second-order valence-corrected chi connectivity index (χ2v) is 5.69. The highest BCUT2D eigenvalue weighted by molar-refractivity contribution is 9.10. The lowest BCUT2D eigenvalue weighted by atomic mass is 9.76. The normalized spacial score (nSPS) is 16.4. The number of halogens is 2. The van der Waals surface area contributed by atoms with Crippen LogP contribution >= 0.6 is 15.9 Å². The molecule has 1 aromatic carbocycles. The molecule has 0 saturated heterocycles. The molecule has 2 unspecified atom stereocenters. The van der Waals surface area contributed by atoms with Crippen molar-refractivity contribution in [2.24, 2.45) is 11.8 Å². The first-order valence-corrected chi connectivity index (χ1v) is 6.38. The summed E-state index contributed by atoms with van der Waals surface area (Å²) in [4.78, 5) is 11.3. The third kappa shape index (κ3) is 2.90. The van der Waals surface area contributed by atoms with Crippen molar-refractivity contribution in [1.29, 1.82) is 0 Å². The molecule has 0 aromatic heterocycles. The summed E-state index contributed by atoms with van der Waals surface area (Å²) in [5.41, 5.74) is -1.21. The lowest BCUT2D eigenvalue weighted by molar-refractivity contribution is -0.155. The van der Waals surface area contributed by atoms with Crippen molar-refractivity contribution in [1.82, 2.24) is 0 Å². The zero-order valence-electron chi connectivity index (χ0n) is 10.4. The minimum absolute atomic E-state index is 0.255. The summed E-state index contributed by atoms with van der Waals surface area (Å²) in [5.74, 6) is -2.75. The molecule has 0 aliphatic heterocycles. The number of hydrogen-bond acceptors (Lipinski definition) is 2. The summed E-state index contributed by atoms with van der Waals surface area (Å²) >= 11 is 3.16. The summed E-state index contributed by atoms with van der Waals surface area (Å²) in [5, 5.41) is 19.8. The zero-order chi connectivity index (χ0) is 14.1. The van der Waals surface area contributed by atoms with E-state index in [0.717, 1.165) is 0 Å². The molecule has 0 saturated carbocycles. The molecule has 0 heterocycles. The van der Waals surface area contributed by atoms with E-state index in [9.17, 15) is 19.4 Å². The van der Waals surface area contributed by atoms with Crippen molar-refractivity contribution in [3.63, 3.8) is 0 Å². The van der Waals surface area contributed by atoms with Crippen LogP contribution in [0.1, 0.15) is 26.3 Å². The average Bonchev–Trinajstić information content (AvgIpc) is 2.13. The Kier molecular flexibility index (Phi) is 4.50. The van der Waals surface area contributed by atoms with Crippen LogP contribution in [0.2, 0.25) is 0 Å². The molecular formula is C13H16BrFO3. The van der Waals surface area contributed by atoms with Crippen molar-refractivity contribution < 1.29 is 19.4 Å². The molecule has 0 amide bonds. The molecule has 1 rings (SSSR count). The molecule has 100 valence electrons. The smallest absolute Gasteiger partial charge is 0.310 e. The van der Waals surface area contributed by atoms with Gasteiger partial charge in [0.2, 0.25) is 0 Å². The third-order valence-corrected chi connectivity index (χ3v) is 3.67. The molecule has 5 heteroatoms. The van der Waals surface area contributed by atoms with Crippen molar-refractivity contribution in [2.45, 2.75) is 26.4 Å². The Morgan fingerprint density at radius 3 is 2.39 bits per heavy atom. The fourth-order valence-electron chi connectivity index (χ4n) is 2.24. The van der Waals surface area contributed by atoms with Gasteiger partial charge in [-0.3, -0.25) is 4.79 Å². The Balaban J connectivity index is 3.30. The number of carbonyl (C=O) groups is 1. The lowest BCUT2D eigenvalue weighted by Crippen LogP contribution is -2.40. The van der Waals surface area contributed by atoms with Gasteiger partial charge in [-0.1, -0.05) is 35.8 Å². The van der Waals surface area contributed by atoms with E-state index in [1.54, 1.807) is 13.8 Å². The fraction of sp³-hybridized carbons (Fsp3) is 0.462.